The van der Waals surface area contributed by atoms with E-state index in [1.807, 2.05) is 18.2 Å². The zero-order chi connectivity index (χ0) is 13.4. The number of aromatic hydroxyl groups is 1. The number of rotatable bonds is 2. The van der Waals surface area contributed by atoms with E-state index in [1.54, 1.807) is 19.4 Å². The van der Waals surface area contributed by atoms with Crippen LogP contribution in [-0.4, -0.2) is 23.4 Å². The molecule has 3 rings (SSSR count). The first-order valence-corrected chi connectivity index (χ1v) is 6.35. The van der Waals surface area contributed by atoms with E-state index in [0.717, 1.165) is 33.9 Å². The zero-order valence-corrected chi connectivity index (χ0v) is 10.8. The predicted molar refractivity (Wildman–Crippen MR) is 75.6 cm³/mol. The van der Waals surface area contributed by atoms with E-state index < -0.39 is 0 Å². The van der Waals surface area contributed by atoms with Crippen LogP contribution in [0.4, 0.5) is 5.69 Å². The average molecular weight is 274 g/mol. The van der Waals surface area contributed by atoms with Crippen LogP contribution >= 0.6 is 11.3 Å². The highest BCUT2D eigenvalue weighted by molar-refractivity contribution is 7.10. The second-order valence-electron chi connectivity index (χ2n) is 3.97. The number of nitrogens with zero attached hydrogens (tertiary/aromatic N) is 1. The maximum atomic E-state index is 11.2. The highest BCUT2D eigenvalue weighted by Crippen LogP contribution is 2.36. The largest absolute Gasteiger partial charge is 0.497 e. The van der Waals surface area contributed by atoms with Crippen molar-refractivity contribution < 1.29 is 9.84 Å². The fraction of sp³-hybridized carbons (Fsp3) is 0.0769. The molecular formula is C13H10N2O3S. The Morgan fingerprint density at radius 1 is 1.47 bits per heavy atom. The number of methoxy groups -OCH3 is 1. The van der Waals surface area contributed by atoms with Crippen LogP contribution in [-0.2, 0) is 0 Å². The van der Waals surface area contributed by atoms with Crippen molar-refractivity contribution in [2.75, 3.05) is 7.11 Å². The van der Waals surface area contributed by atoms with E-state index in [2.05, 4.69) is 9.98 Å². The van der Waals surface area contributed by atoms with Gasteiger partial charge in [-0.05, 0) is 24.3 Å². The van der Waals surface area contributed by atoms with Crippen molar-refractivity contribution in [2.45, 2.75) is 0 Å². The smallest absolute Gasteiger partial charge is 0.307 e. The van der Waals surface area contributed by atoms with E-state index in [-0.39, 0.29) is 10.8 Å². The fourth-order valence-electron chi connectivity index (χ4n) is 1.88. The summed E-state index contributed by atoms with van der Waals surface area (Å²) in [6, 6.07) is 5.58. The van der Waals surface area contributed by atoms with Gasteiger partial charge in [-0.2, -0.15) is 0 Å². The van der Waals surface area contributed by atoms with Crippen LogP contribution in [0.25, 0.3) is 11.6 Å². The molecule has 0 radical (unpaired) electrons. The first-order valence-electron chi connectivity index (χ1n) is 5.53. The lowest BCUT2D eigenvalue weighted by Gasteiger charge is -2.03. The Kier molecular flexibility index (Phi) is 2.72. The lowest BCUT2D eigenvalue weighted by atomic mass is 10.1. The third kappa shape index (κ3) is 2.06. The third-order valence-corrected chi connectivity index (χ3v) is 3.62. The van der Waals surface area contributed by atoms with Crippen LogP contribution in [0.5, 0.6) is 11.6 Å². The summed E-state index contributed by atoms with van der Waals surface area (Å²) in [4.78, 5) is 18.0. The van der Waals surface area contributed by atoms with Crippen LogP contribution in [0, 0.1) is 0 Å². The molecule has 6 heteroatoms. The van der Waals surface area contributed by atoms with Gasteiger partial charge >= 0.3 is 4.87 Å². The monoisotopic (exact) mass is 274 g/mol. The van der Waals surface area contributed by atoms with Gasteiger partial charge in [-0.3, -0.25) is 14.8 Å². The normalized spacial score (nSPS) is 14.9. The molecule has 1 aliphatic rings. The lowest BCUT2D eigenvalue weighted by molar-refractivity contribution is 0.415. The molecule has 0 spiro atoms. The molecule has 0 saturated heterocycles. The van der Waals surface area contributed by atoms with Crippen LogP contribution in [0.3, 0.4) is 0 Å². The molecule has 1 aromatic carbocycles. The molecule has 2 heterocycles. The summed E-state index contributed by atoms with van der Waals surface area (Å²) in [6.45, 7) is 0. The third-order valence-electron chi connectivity index (χ3n) is 2.80. The Morgan fingerprint density at radius 3 is 3.00 bits per heavy atom. The summed E-state index contributed by atoms with van der Waals surface area (Å²) in [5.74, 6) is 0.619. The first-order chi connectivity index (χ1) is 9.17. The molecule has 19 heavy (non-hydrogen) atoms. The number of aliphatic imine (C=N–C) groups is 1. The molecule has 0 fully saturated rings. The number of nitrogens with one attached hydrogen (secondary N) is 1. The van der Waals surface area contributed by atoms with Gasteiger partial charge in [0.05, 0.1) is 17.7 Å². The van der Waals surface area contributed by atoms with Gasteiger partial charge in [0.2, 0.25) is 5.88 Å². The molecular weight excluding hydrogens is 264 g/mol. The Hall–Kier alpha value is -2.34. The zero-order valence-electron chi connectivity index (χ0n) is 10.0. The standard InChI is InChI=1S/C13H10N2O3S/c1-18-8-2-3-10-9(5-8)7(6-14-10)4-11-12(16)15-13(17)19-11/h2-6,16H,1H3,(H,15,17)/b7-4+. The van der Waals surface area contributed by atoms with Crippen LogP contribution < -0.4 is 9.61 Å². The maximum Gasteiger partial charge on any atom is 0.307 e. The second kappa shape index (κ2) is 4.40. The summed E-state index contributed by atoms with van der Waals surface area (Å²) in [5, 5.41) is 9.58. The van der Waals surface area contributed by atoms with Gasteiger partial charge in [-0.15, -0.1) is 0 Å². The van der Waals surface area contributed by atoms with E-state index in [9.17, 15) is 9.90 Å². The number of aromatic nitrogens is 1. The number of allylic oxidation sites excluding steroid dienone is 1. The lowest BCUT2D eigenvalue weighted by Crippen LogP contribution is -1.89. The van der Waals surface area contributed by atoms with Gasteiger partial charge in [-0.25, -0.2) is 0 Å². The molecule has 1 aromatic heterocycles. The Labute approximate surface area is 112 Å². The van der Waals surface area contributed by atoms with Gasteiger partial charge < -0.3 is 9.84 Å². The van der Waals surface area contributed by atoms with Crippen molar-refractivity contribution in [2.24, 2.45) is 4.99 Å². The van der Waals surface area contributed by atoms with Gasteiger partial charge in [0.1, 0.15) is 5.75 Å². The SMILES string of the molecule is COc1ccc2c(c1)/C(=C/c1sc(=O)[nH]c1O)C=N2. The number of thiazole rings is 1. The highest BCUT2D eigenvalue weighted by atomic mass is 32.1. The summed E-state index contributed by atoms with van der Waals surface area (Å²) in [6.07, 6.45) is 3.43. The summed E-state index contributed by atoms with van der Waals surface area (Å²) >= 11 is 0.955. The summed E-state index contributed by atoms with van der Waals surface area (Å²) in [7, 11) is 1.60. The highest BCUT2D eigenvalue weighted by Gasteiger charge is 2.14. The Bertz CT molecular complexity index is 755. The van der Waals surface area contributed by atoms with Gasteiger partial charge in [0.25, 0.3) is 0 Å². The van der Waals surface area contributed by atoms with Crippen molar-refractivity contribution in [1.82, 2.24) is 4.98 Å². The molecule has 1 aliphatic heterocycles. The quantitative estimate of drug-likeness (QED) is 0.883. The molecule has 2 aromatic rings. The Morgan fingerprint density at radius 2 is 2.32 bits per heavy atom. The number of aromatic amines is 1. The molecule has 0 amide bonds. The van der Waals surface area contributed by atoms with Gasteiger partial charge in [0.15, 0.2) is 0 Å². The number of ether oxygens (including phenoxy) is 1. The predicted octanol–water partition coefficient (Wildman–Crippen LogP) is 2.41. The molecule has 0 aliphatic carbocycles. The van der Waals surface area contributed by atoms with E-state index >= 15 is 0 Å². The minimum absolute atomic E-state index is 0.118. The molecule has 0 bridgehead atoms. The Balaban J connectivity index is 2.08. The number of benzene rings is 1. The topological polar surface area (TPSA) is 74.7 Å². The van der Waals surface area contributed by atoms with E-state index in [0.29, 0.717) is 4.88 Å². The second-order valence-corrected chi connectivity index (χ2v) is 4.98. The van der Waals surface area contributed by atoms with Crippen LogP contribution in [0.1, 0.15) is 10.4 Å². The van der Waals surface area contributed by atoms with Crippen molar-refractivity contribution in [1.29, 1.82) is 0 Å². The minimum Gasteiger partial charge on any atom is -0.497 e. The molecule has 0 unspecified atom stereocenters. The maximum absolute atomic E-state index is 11.2. The number of fused-ring (bicyclic) bond motifs is 1. The summed E-state index contributed by atoms with van der Waals surface area (Å²) in [5.41, 5.74) is 2.59. The van der Waals surface area contributed by atoms with E-state index in [1.165, 1.54) is 0 Å². The van der Waals surface area contributed by atoms with Gasteiger partial charge in [0, 0.05) is 17.4 Å². The van der Waals surface area contributed by atoms with Crippen LogP contribution in [0.15, 0.2) is 28.0 Å². The van der Waals surface area contributed by atoms with E-state index in [4.69, 9.17) is 4.74 Å². The minimum atomic E-state index is -0.287. The average Bonchev–Trinajstić information content (AvgIpc) is 2.93. The van der Waals surface area contributed by atoms with Crippen molar-refractivity contribution in [3.63, 3.8) is 0 Å². The van der Waals surface area contributed by atoms with Gasteiger partial charge in [-0.1, -0.05) is 11.3 Å². The first kappa shape index (κ1) is 11.7. The molecule has 2 N–H and O–H groups in total. The summed E-state index contributed by atoms with van der Waals surface area (Å²) < 4.78 is 5.18. The fourth-order valence-corrected chi connectivity index (χ4v) is 2.56. The van der Waals surface area contributed by atoms with Crippen LogP contribution in [0.2, 0.25) is 0 Å². The van der Waals surface area contributed by atoms with Crippen molar-refractivity contribution in [3.05, 3.63) is 38.3 Å². The molecule has 96 valence electrons. The van der Waals surface area contributed by atoms with Crippen molar-refractivity contribution in [3.8, 4) is 11.6 Å². The number of H-pyrrole nitrogens is 1. The number of hydrogen-bond donors (Lipinski definition) is 2. The molecule has 0 saturated carbocycles. The van der Waals surface area contributed by atoms with Crippen molar-refractivity contribution >= 4 is 34.9 Å². The molecule has 5 nitrogen and oxygen atoms in total. The molecule has 0 atom stereocenters. The number of hydrogen-bond acceptors (Lipinski definition) is 5.